The normalized spacial score (nSPS) is 13.5. The first-order valence-electron chi connectivity index (χ1n) is 6.19. The molecule has 0 aliphatic carbocycles. The van der Waals surface area contributed by atoms with Gasteiger partial charge in [0.2, 0.25) is 0 Å². The Morgan fingerprint density at radius 2 is 2.28 bits per heavy atom. The van der Waals surface area contributed by atoms with Gasteiger partial charge in [-0.25, -0.2) is 4.98 Å². The molecule has 2 aromatic rings. The van der Waals surface area contributed by atoms with E-state index in [0.717, 1.165) is 41.6 Å². The molecule has 4 heteroatoms. The zero-order valence-electron chi connectivity index (χ0n) is 10.7. The summed E-state index contributed by atoms with van der Waals surface area (Å²) in [6.45, 7) is 3.32. The SMILES string of the molecule is Cc1c(-c2ccc3c(c2)CCO3)nc(CN)n1C. The van der Waals surface area contributed by atoms with E-state index in [1.807, 2.05) is 13.1 Å². The van der Waals surface area contributed by atoms with Crippen molar-refractivity contribution in [2.75, 3.05) is 6.61 Å². The molecule has 2 heterocycles. The monoisotopic (exact) mass is 243 g/mol. The minimum atomic E-state index is 0.464. The number of nitrogens with two attached hydrogens (primary N) is 1. The lowest BCUT2D eigenvalue weighted by atomic mass is 10.1. The van der Waals surface area contributed by atoms with E-state index in [-0.39, 0.29) is 0 Å². The molecule has 0 atom stereocenters. The summed E-state index contributed by atoms with van der Waals surface area (Å²) in [4.78, 5) is 4.62. The zero-order valence-corrected chi connectivity index (χ0v) is 10.7. The maximum atomic E-state index is 5.70. The molecule has 0 fully saturated rings. The number of nitrogens with zero attached hydrogens (tertiary/aromatic N) is 2. The van der Waals surface area contributed by atoms with Crippen molar-refractivity contribution < 1.29 is 4.74 Å². The van der Waals surface area contributed by atoms with Gasteiger partial charge in [-0.05, 0) is 30.7 Å². The molecule has 4 nitrogen and oxygen atoms in total. The van der Waals surface area contributed by atoms with Gasteiger partial charge in [0.15, 0.2) is 0 Å². The Morgan fingerprint density at radius 3 is 3.00 bits per heavy atom. The summed E-state index contributed by atoms with van der Waals surface area (Å²) in [5.74, 6) is 1.92. The fraction of sp³-hybridized carbons (Fsp3) is 0.357. The molecular weight excluding hydrogens is 226 g/mol. The molecule has 0 saturated heterocycles. The van der Waals surface area contributed by atoms with Gasteiger partial charge in [0.1, 0.15) is 11.6 Å². The Morgan fingerprint density at radius 1 is 1.44 bits per heavy atom. The number of hydrogen-bond acceptors (Lipinski definition) is 3. The predicted molar refractivity (Wildman–Crippen MR) is 70.5 cm³/mol. The van der Waals surface area contributed by atoms with Crippen LogP contribution in [0.5, 0.6) is 5.75 Å². The molecule has 1 aliphatic heterocycles. The summed E-state index contributed by atoms with van der Waals surface area (Å²) >= 11 is 0. The van der Waals surface area contributed by atoms with E-state index in [1.165, 1.54) is 5.56 Å². The minimum absolute atomic E-state index is 0.464. The quantitative estimate of drug-likeness (QED) is 0.875. The zero-order chi connectivity index (χ0) is 12.7. The van der Waals surface area contributed by atoms with Crippen LogP contribution in [0, 0.1) is 6.92 Å². The van der Waals surface area contributed by atoms with Crippen LogP contribution in [0.3, 0.4) is 0 Å². The van der Waals surface area contributed by atoms with Crippen LogP contribution >= 0.6 is 0 Å². The fourth-order valence-electron chi connectivity index (χ4n) is 2.43. The lowest BCUT2D eigenvalue weighted by Gasteiger charge is -2.03. The molecular formula is C14H17N3O. The second-order valence-electron chi connectivity index (χ2n) is 4.65. The van der Waals surface area contributed by atoms with Gasteiger partial charge in [0, 0.05) is 24.7 Å². The van der Waals surface area contributed by atoms with E-state index >= 15 is 0 Å². The van der Waals surface area contributed by atoms with E-state index in [1.54, 1.807) is 0 Å². The maximum absolute atomic E-state index is 5.70. The van der Waals surface area contributed by atoms with Crippen LogP contribution in [-0.2, 0) is 20.0 Å². The van der Waals surface area contributed by atoms with Gasteiger partial charge in [-0.2, -0.15) is 0 Å². The topological polar surface area (TPSA) is 53.1 Å². The van der Waals surface area contributed by atoms with Crippen molar-refractivity contribution in [2.24, 2.45) is 12.8 Å². The van der Waals surface area contributed by atoms with Gasteiger partial charge in [0.05, 0.1) is 18.8 Å². The maximum Gasteiger partial charge on any atom is 0.123 e. The van der Waals surface area contributed by atoms with Crippen molar-refractivity contribution >= 4 is 0 Å². The van der Waals surface area contributed by atoms with Gasteiger partial charge >= 0.3 is 0 Å². The van der Waals surface area contributed by atoms with Crippen molar-refractivity contribution in [3.63, 3.8) is 0 Å². The number of hydrogen-bond donors (Lipinski definition) is 1. The molecule has 0 bridgehead atoms. The van der Waals surface area contributed by atoms with Gasteiger partial charge in [0.25, 0.3) is 0 Å². The molecule has 1 aromatic heterocycles. The highest BCUT2D eigenvalue weighted by Gasteiger charge is 2.16. The molecule has 1 aliphatic rings. The van der Waals surface area contributed by atoms with Crippen LogP contribution in [0.4, 0.5) is 0 Å². The molecule has 1 aromatic carbocycles. The molecule has 18 heavy (non-hydrogen) atoms. The lowest BCUT2D eigenvalue weighted by molar-refractivity contribution is 0.357. The van der Waals surface area contributed by atoms with Crippen LogP contribution < -0.4 is 10.5 Å². The first-order chi connectivity index (χ1) is 8.70. The average Bonchev–Trinajstić information content (AvgIpc) is 2.95. The van der Waals surface area contributed by atoms with E-state index in [4.69, 9.17) is 10.5 Å². The van der Waals surface area contributed by atoms with Gasteiger partial charge in [-0.3, -0.25) is 0 Å². The molecule has 3 rings (SSSR count). The predicted octanol–water partition coefficient (Wildman–Crippen LogP) is 1.79. The molecule has 2 N–H and O–H groups in total. The summed E-state index contributed by atoms with van der Waals surface area (Å²) in [7, 11) is 2.00. The molecule has 0 spiro atoms. The average molecular weight is 243 g/mol. The van der Waals surface area contributed by atoms with Crippen molar-refractivity contribution in [1.29, 1.82) is 0 Å². The smallest absolute Gasteiger partial charge is 0.123 e. The highest BCUT2D eigenvalue weighted by molar-refractivity contribution is 5.65. The second-order valence-corrected chi connectivity index (χ2v) is 4.65. The summed E-state index contributed by atoms with van der Waals surface area (Å²) in [6.07, 6.45) is 0.985. The summed E-state index contributed by atoms with van der Waals surface area (Å²) in [5.41, 5.74) is 10.3. The number of ether oxygens (including phenoxy) is 1. The van der Waals surface area contributed by atoms with Gasteiger partial charge < -0.3 is 15.0 Å². The second kappa shape index (κ2) is 4.14. The fourth-order valence-corrected chi connectivity index (χ4v) is 2.43. The molecule has 0 amide bonds. The molecule has 0 unspecified atom stereocenters. The molecule has 0 saturated carbocycles. The Hall–Kier alpha value is -1.81. The minimum Gasteiger partial charge on any atom is -0.493 e. The third kappa shape index (κ3) is 1.61. The standard InChI is InChI=1S/C14H17N3O/c1-9-14(16-13(8-15)17(9)2)11-3-4-12-10(7-11)5-6-18-12/h3-4,7H,5-6,8,15H2,1-2H3. The first-order valence-corrected chi connectivity index (χ1v) is 6.19. The van der Waals surface area contributed by atoms with Crippen molar-refractivity contribution in [3.05, 3.63) is 35.3 Å². The molecule has 0 radical (unpaired) electrons. The van der Waals surface area contributed by atoms with Crippen molar-refractivity contribution in [2.45, 2.75) is 19.9 Å². The summed E-state index contributed by atoms with van der Waals surface area (Å²) in [5, 5.41) is 0. The highest BCUT2D eigenvalue weighted by atomic mass is 16.5. The van der Waals surface area contributed by atoms with E-state index < -0.39 is 0 Å². The Balaban J connectivity index is 2.10. The van der Waals surface area contributed by atoms with E-state index in [0.29, 0.717) is 6.54 Å². The number of rotatable bonds is 2. The number of fused-ring (bicyclic) bond motifs is 1. The Labute approximate surface area is 106 Å². The first kappa shape index (κ1) is 11.3. The van der Waals surface area contributed by atoms with E-state index in [2.05, 4.69) is 28.6 Å². The lowest BCUT2D eigenvalue weighted by Crippen LogP contribution is -2.05. The number of benzene rings is 1. The third-order valence-corrected chi connectivity index (χ3v) is 3.62. The molecule has 94 valence electrons. The van der Waals surface area contributed by atoms with Crippen LogP contribution in [0.25, 0.3) is 11.3 Å². The number of imidazole rings is 1. The Kier molecular flexibility index (Phi) is 2.59. The van der Waals surface area contributed by atoms with Gasteiger partial charge in [-0.1, -0.05) is 0 Å². The van der Waals surface area contributed by atoms with Crippen LogP contribution in [0.15, 0.2) is 18.2 Å². The van der Waals surface area contributed by atoms with Crippen molar-refractivity contribution in [3.8, 4) is 17.0 Å². The number of aromatic nitrogens is 2. The van der Waals surface area contributed by atoms with Crippen LogP contribution in [-0.4, -0.2) is 16.2 Å². The van der Waals surface area contributed by atoms with E-state index in [9.17, 15) is 0 Å². The largest absolute Gasteiger partial charge is 0.493 e. The van der Waals surface area contributed by atoms with Gasteiger partial charge in [-0.15, -0.1) is 0 Å². The summed E-state index contributed by atoms with van der Waals surface area (Å²) < 4.78 is 7.58. The summed E-state index contributed by atoms with van der Waals surface area (Å²) in [6, 6.07) is 6.28. The van der Waals surface area contributed by atoms with Crippen LogP contribution in [0.1, 0.15) is 17.1 Å². The highest BCUT2D eigenvalue weighted by Crippen LogP contribution is 2.31. The third-order valence-electron chi connectivity index (χ3n) is 3.62. The van der Waals surface area contributed by atoms with Crippen molar-refractivity contribution in [1.82, 2.24) is 9.55 Å². The Bertz CT molecular complexity index is 601. The van der Waals surface area contributed by atoms with Crippen LogP contribution in [0.2, 0.25) is 0 Å².